The van der Waals surface area contributed by atoms with Crippen molar-refractivity contribution in [1.29, 1.82) is 0 Å². The number of carbonyl (C=O) groups is 1. The Balaban J connectivity index is 2.60. The first-order chi connectivity index (χ1) is 6.61. The number of amides is 1. The molecule has 0 aromatic rings. The molecule has 4 atom stereocenters. The quantitative estimate of drug-likeness (QED) is 0.506. The predicted molar refractivity (Wildman–Crippen MR) is 46.4 cm³/mol. The van der Waals surface area contributed by atoms with Gasteiger partial charge in [0.05, 0.1) is 0 Å². The summed E-state index contributed by atoms with van der Waals surface area (Å²) in [6, 6.07) is 0. The first-order valence-electron chi connectivity index (χ1n) is 4.44. The van der Waals surface area contributed by atoms with Crippen LogP contribution in [0, 0.1) is 0 Å². The molecule has 6 nitrogen and oxygen atoms in total. The number of likely N-dealkylation sites (N-methyl/N-ethyl adjacent to an activating group) is 1. The number of aliphatic hydroxyl groups is 2. The van der Waals surface area contributed by atoms with Gasteiger partial charge in [-0.3, -0.25) is 4.79 Å². The molecule has 0 aliphatic carbocycles. The highest BCUT2D eigenvalue weighted by molar-refractivity contribution is 5.81. The number of rotatable bonds is 3. The minimum atomic E-state index is -1.24. The van der Waals surface area contributed by atoms with Crippen molar-refractivity contribution >= 4 is 5.91 Å². The van der Waals surface area contributed by atoms with Gasteiger partial charge in [-0.05, 0) is 6.92 Å². The number of methoxy groups -OCH3 is 1. The largest absolute Gasteiger partial charge is 0.387 e. The molecule has 1 aliphatic heterocycles. The molecule has 0 bridgehead atoms. The highest BCUT2D eigenvalue weighted by atomic mass is 16.7. The molecule has 0 saturated carbocycles. The summed E-state index contributed by atoms with van der Waals surface area (Å²) in [5.41, 5.74) is 0. The van der Waals surface area contributed by atoms with Gasteiger partial charge < -0.3 is 25.0 Å². The number of hydrogen-bond donors (Lipinski definition) is 3. The van der Waals surface area contributed by atoms with Crippen molar-refractivity contribution in [3.05, 3.63) is 0 Å². The third-order valence-electron chi connectivity index (χ3n) is 2.06. The molecule has 1 aliphatic rings. The zero-order valence-electron chi connectivity index (χ0n) is 8.14. The van der Waals surface area contributed by atoms with E-state index < -0.39 is 30.5 Å². The molecular weight excluding hydrogens is 190 g/mol. The number of aliphatic hydroxyl groups excluding tert-OH is 2. The molecular formula is C8H15NO5. The van der Waals surface area contributed by atoms with Crippen LogP contribution >= 0.6 is 0 Å². The van der Waals surface area contributed by atoms with E-state index in [0.717, 1.165) is 0 Å². The van der Waals surface area contributed by atoms with Gasteiger partial charge in [-0.1, -0.05) is 0 Å². The fourth-order valence-corrected chi connectivity index (χ4v) is 1.33. The van der Waals surface area contributed by atoms with Crippen molar-refractivity contribution in [1.82, 2.24) is 5.32 Å². The number of nitrogens with one attached hydrogen (secondary N) is 1. The normalized spacial score (nSPS) is 37.1. The molecule has 6 heteroatoms. The SMILES string of the molecule is CCNC(=O)C1OC(OC)C(O)C1O. The lowest BCUT2D eigenvalue weighted by Crippen LogP contribution is -2.42. The second-order valence-electron chi connectivity index (χ2n) is 3.04. The molecule has 14 heavy (non-hydrogen) atoms. The van der Waals surface area contributed by atoms with Gasteiger partial charge in [0.15, 0.2) is 12.4 Å². The Hall–Kier alpha value is -0.690. The van der Waals surface area contributed by atoms with Crippen molar-refractivity contribution in [2.24, 2.45) is 0 Å². The van der Waals surface area contributed by atoms with Gasteiger partial charge in [0, 0.05) is 13.7 Å². The van der Waals surface area contributed by atoms with Crippen LogP contribution in [0.5, 0.6) is 0 Å². The summed E-state index contributed by atoms with van der Waals surface area (Å²) in [6.45, 7) is 2.20. The molecule has 1 heterocycles. The Labute approximate surface area is 81.8 Å². The van der Waals surface area contributed by atoms with Crippen molar-refractivity contribution in [3.8, 4) is 0 Å². The second kappa shape index (κ2) is 4.70. The Morgan fingerprint density at radius 3 is 2.57 bits per heavy atom. The van der Waals surface area contributed by atoms with Gasteiger partial charge in [-0.25, -0.2) is 0 Å². The smallest absolute Gasteiger partial charge is 0.252 e. The summed E-state index contributed by atoms with van der Waals surface area (Å²) < 4.78 is 9.76. The van der Waals surface area contributed by atoms with Gasteiger partial charge in [-0.15, -0.1) is 0 Å². The summed E-state index contributed by atoms with van der Waals surface area (Å²) in [5, 5.41) is 21.3. The molecule has 0 aromatic heterocycles. The zero-order chi connectivity index (χ0) is 10.7. The maximum absolute atomic E-state index is 11.3. The minimum absolute atomic E-state index is 0.444. The van der Waals surface area contributed by atoms with E-state index in [9.17, 15) is 15.0 Å². The summed E-state index contributed by atoms with van der Waals surface area (Å²) in [4.78, 5) is 11.3. The molecule has 4 unspecified atom stereocenters. The standard InChI is InChI=1S/C8H15NO5/c1-3-9-7(12)6-4(10)5(11)8(13-2)14-6/h4-6,8,10-11H,3H2,1-2H3,(H,9,12). The van der Waals surface area contributed by atoms with E-state index in [1.54, 1.807) is 6.92 Å². The topological polar surface area (TPSA) is 88.0 Å². The molecule has 82 valence electrons. The van der Waals surface area contributed by atoms with E-state index in [1.165, 1.54) is 7.11 Å². The fraction of sp³-hybridized carbons (Fsp3) is 0.875. The second-order valence-corrected chi connectivity index (χ2v) is 3.04. The molecule has 0 spiro atoms. The van der Waals surface area contributed by atoms with E-state index in [0.29, 0.717) is 6.54 Å². The maximum Gasteiger partial charge on any atom is 0.252 e. The minimum Gasteiger partial charge on any atom is -0.387 e. The van der Waals surface area contributed by atoms with Gasteiger partial charge in [-0.2, -0.15) is 0 Å². The number of hydrogen-bond acceptors (Lipinski definition) is 5. The summed E-state index contributed by atoms with van der Waals surface area (Å²) >= 11 is 0. The van der Waals surface area contributed by atoms with Crippen LogP contribution in [0.2, 0.25) is 0 Å². The van der Waals surface area contributed by atoms with Crippen LogP contribution < -0.4 is 5.32 Å². The van der Waals surface area contributed by atoms with Gasteiger partial charge >= 0.3 is 0 Å². The average molecular weight is 205 g/mol. The van der Waals surface area contributed by atoms with Gasteiger partial charge in [0.25, 0.3) is 5.91 Å². The maximum atomic E-state index is 11.3. The average Bonchev–Trinajstić information content (AvgIpc) is 2.44. The van der Waals surface area contributed by atoms with E-state index in [2.05, 4.69) is 5.32 Å². The number of carbonyl (C=O) groups excluding carboxylic acids is 1. The number of ether oxygens (including phenoxy) is 2. The highest BCUT2D eigenvalue weighted by Gasteiger charge is 2.46. The van der Waals surface area contributed by atoms with Crippen LogP contribution in [0.4, 0.5) is 0 Å². The molecule has 1 fully saturated rings. The van der Waals surface area contributed by atoms with Crippen molar-refractivity contribution in [3.63, 3.8) is 0 Å². The lowest BCUT2D eigenvalue weighted by Gasteiger charge is -2.12. The van der Waals surface area contributed by atoms with Crippen LogP contribution in [-0.2, 0) is 14.3 Å². The molecule has 1 amide bonds. The Morgan fingerprint density at radius 1 is 1.50 bits per heavy atom. The summed E-state index contributed by atoms with van der Waals surface area (Å²) in [7, 11) is 1.33. The first-order valence-corrected chi connectivity index (χ1v) is 4.44. The van der Waals surface area contributed by atoms with Crippen molar-refractivity contribution in [2.75, 3.05) is 13.7 Å². The molecule has 1 saturated heterocycles. The van der Waals surface area contributed by atoms with Gasteiger partial charge in [0.2, 0.25) is 0 Å². The summed E-state index contributed by atoms with van der Waals surface area (Å²) in [5.74, 6) is -0.446. The van der Waals surface area contributed by atoms with Crippen molar-refractivity contribution in [2.45, 2.75) is 31.5 Å². The van der Waals surface area contributed by atoms with E-state index in [1.807, 2.05) is 0 Å². The monoisotopic (exact) mass is 205 g/mol. The molecule has 3 N–H and O–H groups in total. The molecule has 0 radical (unpaired) electrons. The predicted octanol–water partition coefficient (Wildman–Crippen LogP) is -1.78. The Bertz CT molecular complexity index is 210. The van der Waals surface area contributed by atoms with Gasteiger partial charge in [0.1, 0.15) is 12.2 Å². The fourth-order valence-electron chi connectivity index (χ4n) is 1.33. The lowest BCUT2D eigenvalue weighted by molar-refractivity contribution is -0.160. The first kappa shape index (κ1) is 11.4. The van der Waals surface area contributed by atoms with Crippen LogP contribution in [0.1, 0.15) is 6.92 Å². The Kier molecular flexibility index (Phi) is 3.82. The van der Waals surface area contributed by atoms with E-state index in [-0.39, 0.29) is 0 Å². The molecule has 0 aromatic carbocycles. The van der Waals surface area contributed by atoms with E-state index in [4.69, 9.17) is 9.47 Å². The van der Waals surface area contributed by atoms with E-state index >= 15 is 0 Å². The lowest BCUT2D eigenvalue weighted by atomic mass is 10.1. The van der Waals surface area contributed by atoms with Crippen LogP contribution in [0.25, 0.3) is 0 Å². The van der Waals surface area contributed by atoms with Crippen LogP contribution in [0.15, 0.2) is 0 Å². The highest BCUT2D eigenvalue weighted by Crippen LogP contribution is 2.21. The summed E-state index contributed by atoms with van der Waals surface area (Å²) in [6.07, 6.45) is -4.44. The Morgan fingerprint density at radius 2 is 2.14 bits per heavy atom. The van der Waals surface area contributed by atoms with Crippen molar-refractivity contribution < 1.29 is 24.5 Å². The zero-order valence-corrected chi connectivity index (χ0v) is 8.14. The third-order valence-corrected chi connectivity index (χ3v) is 2.06. The molecule has 1 rings (SSSR count). The third kappa shape index (κ3) is 2.03. The van der Waals surface area contributed by atoms with Crippen LogP contribution in [0.3, 0.4) is 0 Å². The van der Waals surface area contributed by atoms with Crippen LogP contribution in [-0.4, -0.2) is 54.4 Å².